The van der Waals surface area contributed by atoms with Gasteiger partial charge < -0.3 is 15.8 Å². The third kappa shape index (κ3) is 10.3. The Morgan fingerprint density at radius 3 is 2.29 bits per heavy atom. The van der Waals surface area contributed by atoms with Gasteiger partial charge >= 0.3 is 0 Å². The SMILES string of the molecule is CC(C)(C)CCOC(C)(C)CNC(=O)CCN. The molecule has 0 unspecified atom stereocenters. The van der Waals surface area contributed by atoms with E-state index < -0.39 is 0 Å². The summed E-state index contributed by atoms with van der Waals surface area (Å²) >= 11 is 0. The fourth-order valence-corrected chi connectivity index (χ4v) is 1.22. The quantitative estimate of drug-likeness (QED) is 0.716. The summed E-state index contributed by atoms with van der Waals surface area (Å²) in [5.74, 6) is -0.0139. The van der Waals surface area contributed by atoms with Gasteiger partial charge in [0, 0.05) is 26.1 Å². The molecule has 0 saturated carbocycles. The minimum atomic E-state index is -0.324. The Morgan fingerprint density at radius 1 is 1.24 bits per heavy atom. The number of rotatable bonds is 7. The van der Waals surface area contributed by atoms with E-state index in [1.54, 1.807) is 0 Å². The van der Waals surface area contributed by atoms with E-state index in [9.17, 15) is 4.79 Å². The molecule has 0 aliphatic rings. The molecule has 0 aliphatic heterocycles. The normalized spacial score (nSPS) is 12.6. The van der Waals surface area contributed by atoms with Crippen molar-refractivity contribution in [2.75, 3.05) is 19.7 Å². The van der Waals surface area contributed by atoms with Crippen molar-refractivity contribution in [1.29, 1.82) is 0 Å². The zero-order valence-corrected chi connectivity index (χ0v) is 11.9. The molecule has 0 aromatic carbocycles. The van der Waals surface area contributed by atoms with Gasteiger partial charge in [-0.25, -0.2) is 0 Å². The highest BCUT2D eigenvalue weighted by molar-refractivity contribution is 5.76. The van der Waals surface area contributed by atoms with Crippen LogP contribution in [-0.2, 0) is 9.53 Å². The lowest BCUT2D eigenvalue weighted by atomic mass is 9.93. The minimum absolute atomic E-state index is 0.0139. The van der Waals surface area contributed by atoms with Crippen molar-refractivity contribution in [2.24, 2.45) is 11.1 Å². The number of carbonyl (C=O) groups is 1. The van der Waals surface area contributed by atoms with Crippen LogP contribution in [0.1, 0.15) is 47.5 Å². The smallest absolute Gasteiger partial charge is 0.221 e. The molecule has 0 bridgehead atoms. The summed E-state index contributed by atoms with van der Waals surface area (Å²) in [6.07, 6.45) is 1.38. The summed E-state index contributed by atoms with van der Waals surface area (Å²) in [4.78, 5) is 11.3. The first-order valence-corrected chi connectivity index (χ1v) is 6.27. The van der Waals surface area contributed by atoms with Gasteiger partial charge in [0.1, 0.15) is 0 Å². The molecule has 0 heterocycles. The van der Waals surface area contributed by atoms with Crippen LogP contribution in [0.15, 0.2) is 0 Å². The first-order valence-electron chi connectivity index (χ1n) is 6.27. The molecule has 4 heteroatoms. The van der Waals surface area contributed by atoms with Gasteiger partial charge in [0.2, 0.25) is 5.91 Å². The standard InChI is InChI=1S/C13H28N2O2/c1-12(2,3)7-9-17-13(4,5)10-15-11(16)6-8-14/h6-10,14H2,1-5H3,(H,15,16). The van der Waals surface area contributed by atoms with Gasteiger partial charge in [-0.15, -0.1) is 0 Å². The summed E-state index contributed by atoms with van der Waals surface area (Å²) in [5.41, 5.74) is 5.26. The molecular formula is C13H28N2O2. The van der Waals surface area contributed by atoms with Crippen LogP contribution >= 0.6 is 0 Å². The number of amides is 1. The molecule has 4 nitrogen and oxygen atoms in total. The van der Waals surface area contributed by atoms with E-state index in [4.69, 9.17) is 10.5 Å². The maximum absolute atomic E-state index is 11.3. The monoisotopic (exact) mass is 244 g/mol. The van der Waals surface area contributed by atoms with Gasteiger partial charge in [-0.05, 0) is 25.7 Å². The molecule has 0 aromatic rings. The maximum Gasteiger partial charge on any atom is 0.221 e. The van der Waals surface area contributed by atoms with Crippen molar-refractivity contribution in [1.82, 2.24) is 5.32 Å². The molecule has 0 atom stereocenters. The number of nitrogens with two attached hydrogens (primary N) is 1. The molecule has 0 radical (unpaired) electrons. The Hall–Kier alpha value is -0.610. The maximum atomic E-state index is 11.3. The third-order valence-electron chi connectivity index (χ3n) is 2.43. The van der Waals surface area contributed by atoms with Gasteiger partial charge in [0.25, 0.3) is 0 Å². The lowest BCUT2D eigenvalue weighted by molar-refractivity contribution is -0.122. The number of ether oxygens (including phenoxy) is 1. The molecular weight excluding hydrogens is 216 g/mol. The molecule has 17 heavy (non-hydrogen) atoms. The highest BCUT2D eigenvalue weighted by Gasteiger charge is 2.20. The average molecular weight is 244 g/mol. The van der Waals surface area contributed by atoms with Crippen LogP contribution in [0.2, 0.25) is 0 Å². The average Bonchev–Trinajstić information content (AvgIpc) is 2.13. The summed E-state index contributed by atoms with van der Waals surface area (Å²) in [6, 6.07) is 0. The molecule has 0 saturated heterocycles. The van der Waals surface area contributed by atoms with Crippen LogP contribution in [0, 0.1) is 5.41 Å². The van der Waals surface area contributed by atoms with Crippen LogP contribution < -0.4 is 11.1 Å². The molecule has 1 amide bonds. The minimum Gasteiger partial charge on any atom is -0.374 e. The van der Waals surface area contributed by atoms with Crippen molar-refractivity contribution in [2.45, 2.75) is 53.1 Å². The predicted molar refractivity (Wildman–Crippen MR) is 70.8 cm³/mol. The number of hydrogen-bond donors (Lipinski definition) is 2. The highest BCUT2D eigenvalue weighted by atomic mass is 16.5. The Balaban J connectivity index is 3.83. The second-order valence-corrected chi connectivity index (χ2v) is 6.23. The third-order valence-corrected chi connectivity index (χ3v) is 2.43. The van der Waals surface area contributed by atoms with Crippen molar-refractivity contribution in [3.05, 3.63) is 0 Å². The van der Waals surface area contributed by atoms with Crippen molar-refractivity contribution < 1.29 is 9.53 Å². The van der Waals surface area contributed by atoms with Gasteiger partial charge in [-0.3, -0.25) is 4.79 Å². The van der Waals surface area contributed by atoms with E-state index in [0.717, 1.165) is 6.42 Å². The van der Waals surface area contributed by atoms with Crippen molar-refractivity contribution in [3.63, 3.8) is 0 Å². The topological polar surface area (TPSA) is 64.3 Å². The largest absolute Gasteiger partial charge is 0.374 e. The van der Waals surface area contributed by atoms with E-state index >= 15 is 0 Å². The fourth-order valence-electron chi connectivity index (χ4n) is 1.22. The van der Waals surface area contributed by atoms with Crippen LogP contribution in [0.3, 0.4) is 0 Å². The molecule has 0 rings (SSSR count). The van der Waals surface area contributed by atoms with E-state index in [2.05, 4.69) is 26.1 Å². The Labute approximate surface area is 105 Å². The first-order chi connectivity index (χ1) is 7.66. The van der Waals surface area contributed by atoms with Crippen molar-refractivity contribution >= 4 is 5.91 Å². The molecule has 0 aromatic heterocycles. The second-order valence-electron chi connectivity index (χ2n) is 6.23. The molecule has 102 valence electrons. The fraction of sp³-hybridized carbons (Fsp3) is 0.923. The first kappa shape index (κ1) is 16.4. The van der Waals surface area contributed by atoms with Crippen LogP contribution in [0.25, 0.3) is 0 Å². The van der Waals surface area contributed by atoms with Crippen LogP contribution in [-0.4, -0.2) is 31.2 Å². The van der Waals surface area contributed by atoms with Crippen LogP contribution in [0.4, 0.5) is 0 Å². The lowest BCUT2D eigenvalue weighted by Crippen LogP contribution is -2.41. The van der Waals surface area contributed by atoms with Gasteiger partial charge in [0.15, 0.2) is 0 Å². The molecule has 0 aliphatic carbocycles. The number of hydrogen-bond acceptors (Lipinski definition) is 3. The Bertz CT molecular complexity index is 232. The summed E-state index contributed by atoms with van der Waals surface area (Å²) < 4.78 is 5.79. The summed E-state index contributed by atoms with van der Waals surface area (Å²) in [7, 11) is 0. The number of carbonyl (C=O) groups excluding carboxylic acids is 1. The molecule has 3 N–H and O–H groups in total. The Morgan fingerprint density at radius 2 is 1.82 bits per heavy atom. The number of nitrogens with one attached hydrogen (secondary N) is 1. The van der Waals surface area contributed by atoms with Crippen LogP contribution in [0.5, 0.6) is 0 Å². The summed E-state index contributed by atoms with van der Waals surface area (Å²) in [5, 5.41) is 2.83. The molecule has 0 fully saturated rings. The van der Waals surface area contributed by atoms with Gasteiger partial charge in [0.05, 0.1) is 5.60 Å². The van der Waals surface area contributed by atoms with E-state index in [-0.39, 0.29) is 16.9 Å². The van der Waals surface area contributed by atoms with Crippen molar-refractivity contribution in [3.8, 4) is 0 Å². The van der Waals surface area contributed by atoms with Gasteiger partial charge in [-0.2, -0.15) is 0 Å². The Kier molecular flexibility index (Phi) is 6.72. The predicted octanol–water partition coefficient (Wildman–Crippen LogP) is 1.68. The molecule has 0 spiro atoms. The van der Waals surface area contributed by atoms with E-state index in [1.807, 2.05) is 13.8 Å². The van der Waals surface area contributed by atoms with Gasteiger partial charge in [-0.1, -0.05) is 20.8 Å². The highest BCUT2D eigenvalue weighted by Crippen LogP contribution is 2.20. The van der Waals surface area contributed by atoms with E-state index in [1.165, 1.54) is 0 Å². The zero-order valence-electron chi connectivity index (χ0n) is 11.9. The zero-order chi connectivity index (χ0) is 13.5. The van der Waals surface area contributed by atoms with E-state index in [0.29, 0.717) is 26.1 Å². The second kappa shape index (κ2) is 6.97. The summed E-state index contributed by atoms with van der Waals surface area (Å²) in [6.45, 7) is 12.2. The lowest BCUT2D eigenvalue weighted by Gasteiger charge is -2.28.